The lowest BCUT2D eigenvalue weighted by molar-refractivity contribution is -0.131. The molecule has 0 aliphatic heterocycles. The van der Waals surface area contributed by atoms with Crippen LogP contribution in [-0.2, 0) is 9.59 Å². The van der Waals surface area contributed by atoms with Crippen molar-refractivity contribution in [1.29, 1.82) is 0 Å². The molecule has 5 nitrogen and oxygen atoms in total. The average Bonchev–Trinajstić information content (AvgIpc) is 3.13. The molecule has 1 aliphatic carbocycles. The smallest absolute Gasteiger partial charge is 0.236 e. The van der Waals surface area contributed by atoms with Gasteiger partial charge in [0.25, 0.3) is 0 Å². The maximum absolute atomic E-state index is 11.8. The second kappa shape index (κ2) is 6.59. The Morgan fingerprint density at radius 3 is 2.18 bits per heavy atom. The fourth-order valence-corrected chi connectivity index (χ4v) is 1.71. The lowest BCUT2D eigenvalue weighted by Crippen LogP contribution is -2.42. The van der Waals surface area contributed by atoms with Gasteiger partial charge in [-0.25, -0.2) is 0 Å². The summed E-state index contributed by atoms with van der Waals surface area (Å²) in [6, 6.07) is 0.448. The second-order valence-electron chi connectivity index (χ2n) is 4.42. The summed E-state index contributed by atoms with van der Waals surface area (Å²) in [6.07, 6.45) is 2.24. The number of nitrogens with zero attached hydrogens (tertiary/aromatic N) is 2. The van der Waals surface area contributed by atoms with Crippen molar-refractivity contribution in [3.63, 3.8) is 0 Å². The number of hydrogen-bond donors (Lipinski definition) is 1. The fraction of sp³-hybridized carbons (Fsp3) is 0.833. The fourth-order valence-electron chi connectivity index (χ4n) is 1.71. The van der Waals surface area contributed by atoms with E-state index in [1.165, 1.54) is 0 Å². The molecule has 1 N–H and O–H groups in total. The number of carbonyl (C=O) groups is 2. The Morgan fingerprint density at radius 2 is 1.71 bits per heavy atom. The van der Waals surface area contributed by atoms with Crippen LogP contribution in [0.15, 0.2) is 0 Å². The van der Waals surface area contributed by atoms with E-state index in [-0.39, 0.29) is 24.9 Å². The first kappa shape index (κ1) is 14.0. The van der Waals surface area contributed by atoms with E-state index in [2.05, 4.69) is 5.32 Å². The van der Waals surface area contributed by atoms with Crippen LogP contribution in [-0.4, -0.2) is 60.9 Å². The third-order valence-electron chi connectivity index (χ3n) is 3.10. The zero-order chi connectivity index (χ0) is 12.8. The van der Waals surface area contributed by atoms with E-state index in [0.29, 0.717) is 12.6 Å². The molecule has 1 aliphatic rings. The quantitative estimate of drug-likeness (QED) is 0.686. The molecule has 1 rings (SSSR count). The number of hydrogen-bond acceptors (Lipinski definition) is 3. The van der Waals surface area contributed by atoms with Gasteiger partial charge in [-0.15, -0.1) is 0 Å². The molecule has 0 aromatic heterocycles. The zero-order valence-corrected chi connectivity index (χ0v) is 11.0. The number of rotatable bonds is 7. The molecule has 0 bridgehead atoms. The number of carbonyl (C=O) groups excluding carboxylic acids is 2. The van der Waals surface area contributed by atoms with Crippen LogP contribution in [0.25, 0.3) is 0 Å². The predicted molar refractivity (Wildman–Crippen MR) is 66.6 cm³/mol. The van der Waals surface area contributed by atoms with Gasteiger partial charge in [0.2, 0.25) is 11.8 Å². The summed E-state index contributed by atoms with van der Waals surface area (Å²) in [6.45, 7) is 5.86. The number of amides is 2. The van der Waals surface area contributed by atoms with Crippen LogP contribution in [0.3, 0.4) is 0 Å². The molecular formula is C12H23N3O2. The maximum Gasteiger partial charge on any atom is 0.236 e. The Labute approximate surface area is 103 Å². The van der Waals surface area contributed by atoms with Crippen LogP contribution < -0.4 is 5.32 Å². The molecule has 5 heteroatoms. The monoisotopic (exact) mass is 241 g/mol. The minimum absolute atomic E-state index is 0.0229. The van der Waals surface area contributed by atoms with Crippen LogP contribution in [0, 0.1) is 0 Å². The van der Waals surface area contributed by atoms with Crippen LogP contribution in [0.5, 0.6) is 0 Å². The van der Waals surface area contributed by atoms with Crippen molar-refractivity contribution < 1.29 is 9.59 Å². The Hall–Kier alpha value is -1.10. The Morgan fingerprint density at radius 1 is 1.12 bits per heavy atom. The molecular weight excluding hydrogens is 218 g/mol. The van der Waals surface area contributed by atoms with E-state index in [1.807, 2.05) is 18.7 Å². The second-order valence-corrected chi connectivity index (χ2v) is 4.42. The lowest BCUT2D eigenvalue weighted by atomic mass is 10.4. The van der Waals surface area contributed by atoms with E-state index in [9.17, 15) is 9.59 Å². The van der Waals surface area contributed by atoms with Gasteiger partial charge in [-0.2, -0.15) is 0 Å². The van der Waals surface area contributed by atoms with Crippen molar-refractivity contribution in [2.45, 2.75) is 32.7 Å². The van der Waals surface area contributed by atoms with Crippen molar-refractivity contribution in [1.82, 2.24) is 15.1 Å². The molecule has 0 unspecified atom stereocenters. The van der Waals surface area contributed by atoms with E-state index in [4.69, 9.17) is 0 Å². The Balaban J connectivity index is 2.21. The van der Waals surface area contributed by atoms with Gasteiger partial charge in [0.05, 0.1) is 13.1 Å². The third-order valence-corrected chi connectivity index (χ3v) is 3.10. The highest BCUT2D eigenvalue weighted by Gasteiger charge is 2.30. The molecule has 1 fully saturated rings. The summed E-state index contributed by atoms with van der Waals surface area (Å²) >= 11 is 0. The van der Waals surface area contributed by atoms with Gasteiger partial charge >= 0.3 is 0 Å². The highest BCUT2D eigenvalue weighted by Crippen LogP contribution is 2.26. The van der Waals surface area contributed by atoms with Gasteiger partial charge in [0.15, 0.2) is 0 Å². The largest absolute Gasteiger partial charge is 0.345 e. The lowest BCUT2D eigenvalue weighted by Gasteiger charge is -2.21. The van der Waals surface area contributed by atoms with Crippen molar-refractivity contribution in [3.8, 4) is 0 Å². The van der Waals surface area contributed by atoms with Crippen molar-refractivity contribution in [3.05, 3.63) is 0 Å². The van der Waals surface area contributed by atoms with Gasteiger partial charge in [0.1, 0.15) is 0 Å². The van der Waals surface area contributed by atoms with Gasteiger partial charge in [0, 0.05) is 26.2 Å². The molecule has 0 saturated heterocycles. The first-order valence-corrected chi connectivity index (χ1v) is 6.34. The first-order chi connectivity index (χ1) is 8.10. The topological polar surface area (TPSA) is 52.7 Å². The molecule has 17 heavy (non-hydrogen) atoms. The van der Waals surface area contributed by atoms with Gasteiger partial charge in [-0.1, -0.05) is 0 Å². The van der Waals surface area contributed by atoms with E-state index in [1.54, 1.807) is 11.9 Å². The maximum atomic E-state index is 11.8. The van der Waals surface area contributed by atoms with Crippen molar-refractivity contribution >= 4 is 11.8 Å². The SMILES string of the molecule is CCN(C)C(=O)CNCC(=O)N(CC)C1CC1. The number of likely N-dealkylation sites (N-methyl/N-ethyl adjacent to an activating group) is 2. The Bertz CT molecular complexity index is 277. The van der Waals surface area contributed by atoms with E-state index >= 15 is 0 Å². The summed E-state index contributed by atoms with van der Waals surface area (Å²) < 4.78 is 0. The van der Waals surface area contributed by atoms with Crippen LogP contribution in [0.2, 0.25) is 0 Å². The van der Waals surface area contributed by atoms with E-state index in [0.717, 1.165) is 19.4 Å². The number of nitrogens with one attached hydrogen (secondary N) is 1. The summed E-state index contributed by atoms with van der Waals surface area (Å²) in [5.41, 5.74) is 0. The van der Waals surface area contributed by atoms with E-state index < -0.39 is 0 Å². The zero-order valence-electron chi connectivity index (χ0n) is 11.0. The standard InChI is InChI=1S/C12H23N3O2/c1-4-14(3)11(16)8-13-9-12(17)15(5-2)10-6-7-10/h10,13H,4-9H2,1-3H3. The van der Waals surface area contributed by atoms with Gasteiger partial charge < -0.3 is 9.80 Å². The summed E-state index contributed by atoms with van der Waals surface area (Å²) in [4.78, 5) is 26.8. The van der Waals surface area contributed by atoms with Crippen LogP contribution in [0.4, 0.5) is 0 Å². The molecule has 0 spiro atoms. The van der Waals surface area contributed by atoms with Crippen LogP contribution >= 0.6 is 0 Å². The van der Waals surface area contributed by atoms with Crippen molar-refractivity contribution in [2.75, 3.05) is 33.2 Å². The third kappa shape index (κ3) is 4.34. The molecule has 0 aromatic rings. The Kier molecular flexibility index (Phi) is 5.41. The summed E-state index contributed by atoms with van der Waals surface area (Å²) in [7, 11) is 1.76. The highest BCUT2D eigenvalue weighted by atomic mass is 16.2. The molecule has 0 heterocycles. The normalized spacial score (nSPS) is 14.5. The molecule has 0 aromatic carbocycles. The molecule has 0 radical (unpaired) electrons. The predicted octanol–water partition coefficient (Wildman–Crippen LogP) is 0.0652. The average molecular weight is 241 g/mol. The highest BCUT2D eigenvalue weighted by molar-refractivity contribution is 5.81. The summed E-state index contributed by atoms with van der Waals surface area (Å²) in [5.74, 6) is 0.122. The van der Waals surface area contributed by atoms with Crippen LogP contribution in [0.1, 0.15) is 26.7 Å². The molecule has 1 saturated carbocycles. The first-order valence-electron chi connectivity index (χ1n) is 6.34. The summed E-state index contributed by atoms with van der Waals surface area (Å²) in [5, 5.41) is 2.92. The molecule has 2 amide bonds. The molecule has 98 valence electrons. The van der Waals surface area contributed by atoms with Crippen molar-refractivity contribution in [2.24, 2.45) is 0 Å². The van der Waals surface area contributed by atoms with Gasteiger partial charge in [-0.3, -0.25) is 14.9 Å². The minimum atomic E-state index is 0.0229. The minimum Gasteiger partial charge on any atom is -0.345 e. The molecule has 0 atom stereocenters. The van der Waals surface area contributed by atoms with Gasteiger partial charge in [-0.05, 0) is 26.7 Å².